The Labute approximate surface area is 168 Å². The van der Waals surface area contributed by atoms with Crippen molar-refractivity contribution in [1.29, 1.82) is 0 Å². The van der Waals surface area contributed by atoms with E-state index >= 15 is 0 Å². The minimum Gasteiger partial charge on any atom is -0.507 e. The van der Waals surface area contributed by atoms with Crippen molar-refractivity contribution in [3.63, 3.8) is 0 Å². The van der Waals surface area contributed by atoms with E-state index in [4.69, 9.17) is 9.47 Å². The van der Waals surface area contributed by atoms with Crippen LogP contribution < -0.4 is 10.1 Å². The van der Waals surface area contributed by atoms with E-state index in [2.05, 4.69) is 20.6 Å². The van der Waals surface area contributed by atoms with E-state index in [9.17, 15) is 5.11 Å². The van der Waals surface area contributed by atoms with Gasteiger partial charge in [-0.05, 0) is 23.8 Å². The SMILES string of the molecule is Cn1cc(-c2ccc(-c3ccc(OC4CC5COCC(C4)N5)nn3)c(O)c2)cn1. The van der Waals surface area contributed by atoms with Gasteiger partial charge in [-0.2, -0.15) is 5.10 Å². The highest BCUT2D eigenvalue weighted by atomic mass is 16.5. The third kappa shape index (κ3) is 3.81. The Morgan fingerprint density at radius 3 is 2.59 bits per heavy atom. The zero-order chi connectivity index (χ0) is 19.8. The second kappa shape index (κ2) is 7.46. The molecule has 0 amide bonds. The average molecular weight is 393 g/mol. The molecule has 2 saturated heterocycles. The summed E-state index contributed by atoms with van der Waals surface area (Å²) in [6.45, 7) is 1.46. The zero-order valence-corrected chi connectivity index (χ0v) is 16.2. The molecule has 1 aromatic carbocycles. The van der Waals surface area contributed by atoms with E-state index in [0.717, 1.165) is 37.2 Å². The first-order valence-electron chi connectivity index (χ1n) is 9.80. The number of phenolic OH excluding ortho intramolecular Hbond substituents is 1. The van der Waals surface area contributed by atoms with Gasteiger partial charge in [-0.3, -0.25) is 4.68 Å². The number of nitrogens with one attached hydrogen (secondary N) is 1. The lowest BCUT2D eigenvalue weighted by molar-refractivity contribution is -0.0134. The van der Waals surface area contributed by atoms with Gasteiger partial charge in [0.2, 0.25) is 5.88 Å². The molecule has 0 saturated carbocycles. The van der Waals surface area contributed by atoms with Crippen LogP contribution in [0.1, 0.15) is 12.8 Å². The number of aromatic nitrogens is 4. The first-order chi connectivity index (χ1) is 14.1. The molecule has 8 heteroatoms. The quantitative estimate of drug-likeness (QED) is 0.701. The van der Waals surface area contributed by atoms with Crippen LogP contribution in [-0.2, 0) is 11.8 Å². The highest BCUT2D eigenvalue weighted by Gasteiger charge is 2.33. The number of phenols is 1. The fourth-order valence-electron chi connectivity index (χ4n) is 4.08. The molecule has 0 radical (unpaired) electrons. The Bertz CT molecular complexity index is 992. The van der Waals surface area contributed by atoms with Crippen molar-refractivity contribution in [3.8, 4) is 34.0 Å². The molecular formula is C21H23N5O3. The van der Waals surface area contributed by atoms with Crippen LogP contribution in [0.2, 0.25) is 0 Å². The van der Waals surface area contributed by atoms with Crippen molar-refractivity contribution in [3.05, 3.63) is 42.7 Å². The van der Waals surface area contributed by atoms with Crippen LogP contribution in [-0.4, -0.2) is 56.5 Å². The summed E-state index contributed by atoms with van der Waals surface area (Å²) in [5.41, 5.74) is 3.07. The molecule has 5 rings (SSSR count). The highest BCUT2D eigenvalue weighted by molar-refractivity contribution is 5.73. The lowest BCUT2D eigenvalue weighted by Crippen LogP contribution is -2.56. The molecule has 2 N–H and O–H groups in total. The van der Waals surface area contributed by atoms with Gasteiger partial charge in [0.1, 0.15) is 11.9 Å². The molecule has 0 spiro atoms. The van der Waals surface area contributed by atoms with Crippen LogP contribution in [0.15, 0.2) is 42.7 Å². The van der Waals surface area contributed by atoms with Crippen LogP contribution in [0.4, 0.5) is 0 Å². The maximum Gasteiger partial charge on any atom is 0.233 e. The van der Waals surface area contributed by atoms with Gasteiger partial charge in [0.15, 0.2) is 0 Å². The molecule has 4 heterocycles. The Morgan fingerprint density at radius 1 is 1.10 bits per heavy atom. The molecule has 2 bridgehead atoms. The molecule has 0 aliphatic carbocycles. The summed E-state index contributed by atoms with van der Waals surface area (Å²) in [7, 11) is 1.86. The maximum absolute atomic E-state index is 10.5. The van der Waals surface area contributed by atoms with Crippen LogP contribution in [0.5, 0.6) is 11.6 Å². The van der Waals surface area contributed by atoms with E-state index < -0.39 is 0 Å². The van der Waals surface area contributed by atoms with E-state index in [1.54, 1.807) is 16.9 Å². The number of benzene rings is 1. The second-order valence-electron chi connectivity index (χ2n) is 7.70. The molecule has 150 valence electrons. The Kier molecular flexibility index (Phi) is 4.65. The predicted molar refractivity (Wildman–Crippen MR) is 107 cm³/mol. The van der Waals surface area contributed by atoms with Crippen LogP contribution in [0, 0.1) is 0 Å². The summed E-state index contributed by atoms with van der Waals surface area (Å²) in [6, 6.07) is 9.82. The molecule has 2 aliphatic heterocycles. The minimum atomic E-state index is 0.113. The third-order valence-corrected chi connectivity index (χ3v) is 5.44. The minimum absolute atomic E-state index is 0.113. The topological polar surface area (TPSA) is 94.3 Å². The highest BCUT2D eigenvalue weighted by Crippen LogP contribution is 2.32. The van der Waals surface area contributed by atoms with Gasteiger partial charge in [0.25, 0.3) is 0 Å². The van der Waals surface area contributed by atoms with Crippen molar-refractivity contribution in [2.24, 2.45) is 7.05 Å². The van der Waals surface area contributed by atoms with Crippen LogP contribution in [0.25, 0.3) is 22.4 Å². The average Bonchev–Trinajstić information content (AvgIpc) is 3.15. The number of ether oxygens (including phenoxy) is 2. The molecule has 8 nitrogen and oxygen atoms in total. The predicted octanol–water partition coefficient (Wildman–Crippen LogP) is 2.15. The fraction of sp³-hybridized carbons (Fsp3) is 0.381. The molecular weight excluding hydrogens is 370 g/mol. The van der Waals surface area contributed by atoms with Crippen molar-refractivity contribution in [2.45, 2.75) is 31.0 Å². The normalized spacial score (nSPS) is 23.7. The molecule has 2 aromatic heterocycles. The van der Waals surface area contributed by atoms with Crippen molar-refractivity contribution < 1.29 is 14.6 Å². The number of aromatic hydroxyl groups is 1. The monoisotopic (exact) mass is 393 g/mol. The van der Waals surface area contributed by atoms with Crippen molar-refractivity contribution >= 4 is 0 Å². The Balaban J connectivity index is 1.30. The van der Waals surface area contributed by atoms with E-state index in [1.165, 1.54) is 0 Å². The number of nitrogens with zero attached hydrogens (tertiary/aromatic N) is 4. The van der Waals surface area contributed by atoms with Gasteiger partial charge in [-0.15, -0.1) is 10.2 Å². The van der Waals surface area contributed by atoms with E-state index in [0.29, 0.717) is 29.2 Å². The van der Waals surface area contributed by atoms with E-state index in [-0.39, 0.29) is 11.9 Å². The summed E-state index contributed by atoms with van der Waals surface area (Å²) in [5.74, 6) is 0.659. The summed E-state index contributed by atoms with van der Waals surface area (Å²) in [6.07, 6.45) is 5.58. The lowest BCUT2D eigenvalue weighted by atomic mass is 9.95. The number of hydrogen-bond donors (Lipinski definition) is 2. The standard InChI is InChI=1S/C21H23N5O3/c1-26-10-14(9-22-26)13-2-3-18(20(27)6-13)19-4-5-21(25-24-19)29-17-7-15-11-28-12-16(8-17)23-15/h2-6,9-10,15-17,23,27H,7-8,11-12H2,1H3. The van der Waals surface area contributed by atoms with Gasteiger partial charge in [0.05, 0.1) is 25.1 Å². The smallest absolute Gasteiger partial charge is 0.233 e. The fourth-order valence-corrected chi connectivity index (χ4v) is 4.08. The van der Waals surface area contributed by atoms with Gasteiger partial charge >= 0.3 is 0 Å². The summed E-state index contributed by atoms with van der Waals surface area (Å²) in [5, 5.41) is 26.7. The van der Waals surface area contributed by atoms with Crippen LogP contribution >= 0.6 is 0 Å². The molecule has 2 atom stereocenters. The largest absolute Gasteiger partial charge is 0.507 e. The Morgan fingerprint density at radius 2 is 1.93 bits per heavy atom. The van der Waals surface area contributed by atoms with Gasteiger partial charge < -0.3 is 19.9 Å². The molecule has 2 unspecified atom stereocenters. The zero-order valence-electron chi connectivity index (χ0n) is 16.2. The summed E-state index contributed by atoms with van der Waals surface area (Å²) < 4.78 is 13.4. The third-order valence-electron chi connectivity index (χ3n) is 5.44. The number of morpholine rings is 1. The summed E-state index contributed by atoms with van der Waals surface area (Å²) in [4.78, 5) is 0. The molecule has 3 aromatic rings. The maximum atomic E-state index is 10.5. The van der Waals surface area contributed by atoms with Crippen molar-refractivity contribution in [1.82, 2.24) is 25.3 Å². The van der Waals surface area contributed by atoms with Crippen LogP contribution in [0.3, 0.4) is 0 Å². The number of piperidine rings is 1. The first kappa shape index (κ1) is 18.1. The van der Waals surface area contributed by atoms with Gasteiger partial charge in [-0.1, -0.05) is 6.07 Å². The van der Waals surface area contributed by atoms with Crippen molar-refractivity contribution in [2.75, 3.05) is 13.2 Å². The number of rotatable bonds is 4. The summed E-state index contributed by atoms with van der Waals surface area (Å²) >= 11 is 0. The van der Waals surface area contributed by atoms with E-state index in [1.807, 2.05) is 37.5 Å². The second-order valence-corrected chi connectivity index (χ2v) is 7.70. The molecule has 29 heavy (non-hydrogen) atoms. The molecule has 2 fully saturated rings. The first-order valence-corrected chi connectivity index (χ1v) is 9.80. The van der Waals surface area contributed by atoms with Gasteiger partial charge in [-0.25, -0.2) is 0 Å². The van der Waals surface area contributed by atoms with Gasteiger partial charge in [0, 0.05) is 55.4 Å². The number of fused-ring (bicyclic) bond motifs is 2. The number of hydrogen-bond acceptors (Lipinski definition) is 7. The lowest BCUT2D eigenvalue weighted by Gasteiger charge is -2.39. The Hall–Kier alpha value is -2.97. The number of aryl methyl sites for hydroxylation is 1. The molecule has 2 aliphatic rings.